The molecule has 14 heavy (non-hydrogen) atoms. The third kappa shape index (κ3) is 5.04. The average Bonchev–Trinajstić information content (AvgIpc) is 2.54. The predicted molar refractivity (Wildman–Crippen MR) is 56.2 cm³/mol. The van der Waals surface area contributed by atoms with Crippen LogP contribution >= 0.6 is 0 Å². The molecule has 1 heterocycles. The molecule has 0 radical (unpaired) electrons. The van der Waals surface area contributed by atoms with Crippen molar-refractivity contribution in [2.45, 2.75) is 32.3 Å². The Labute approximate surface area is 85.1 Å². The van der Waals surface area contributed by atoms with Crippen molar-refractivity contribution in [1.82, 2.24) is 5.32 Å². The van der Waals surface area contributed by atoms with Gasteiger partial charge in [0.05, 0.1) is 11.9 Å². The van der Waals surface area contributed by atoms with Crippen LogP contribution in [0, 0.1) is 0 Å². The summed E-state index contributed by atoms with van der Waals surface area (Å²) in [6.07, 6.45) is 3.36. The maximum Gasteiger partial charge on any atom is 0.105 e. The maximum absolute atomic E-state index is 9.44. The highest BCUT2D eigenvalue weighted by Gasteiger charge is 2.10. The number of hydrogen-bond donors (Lipinski definition) is 2. The largest absolute Gasteiger partial charge is 0.469 e. The Morgan fingerprint density at radius 3 is 2.79 bits per heavy atom. The Balaban J connectivity index is 2.00. The molecule has 0 saturated carbocycles. The molecule has 0 fully saturated rings. The summed E-state index contributed by atoms with van der Waals surface area (Å²) in [5.41, 5.74) is -0.572. The Kier molecular flexibility index (Phi) is 4.17. The second-order valence-corrected chi connectivity index (χ2v) is 4.14. The van der Waals surface area contributed by atoms with Crippen LogP contribution in [0.2, 0.25) is 0 Å². The van der Waals surface area contributed by atoms with Crippen LogP contribution in [-0.2, 0) is 6.42 Å². The van der Waals surface area contributed by atoms with Gasteiger partial charge in [-0.25, -0.2) is 0 Å². The molecular formula is C11H19NO2. The van der Waals surface area contributed by atoms with Gasteiger partial charge < -0.3 is 14.8 Å². The maximum atomic E-state index is 9.44. The fraction of sp³-hybridized carbons (Fsp3) is 0.636. The van der Waals surface area contributed by atoms with E-state index in [0.717, 1.165) is 31.7 Å². The number of furan rings is 1. The van der Waals surface area contributed by atoms with Gasteiger partial charge in [-0.05, 0) is 38.9 Å². The van der Waals surface area contributed by atoms with Crippen molar-refractivity contribution < 1.29 is 9.52 Å². The second kappa shape index (κ2) is 5.17. The molecule has 0 bridgehead atoms. The zero-order valence-electron chi connectivity index (χ0n) is 8.92. The molecule has 0 atom stereocenters. The van der Waals surface area contributed by atoms with Crippen molar-refractivity contribution in [2.24, 2.45) is 0 Å². The molecule has 0 spiro atoms. The first-order chi connectivity index (χ1) is 6.58. The highest BCUT2D eigenvalue weighted by molar-refractivity contribution is 4.98. The lowest BCUT2D eigenvalue weighted by molar-refractivity contribution is 0.0713. The molecule has 1 aromatic heterocycles. The van der Waals surface area contributed by atoms with E-state index in [1.165, 1.54) is 0 Å². The van der Waals surface area contributed by atoms with Crippen molar-refractivity contribution in [1.29, 1.82) is 0 Å². The van der Waals surface area contributed by atoms with Crippen LogP contribution < -0.4 is 5.32 Å². The molecule has 0 aliphatic rings. The summed E-state index contributed by atoms with van der Waals surface area (Å²) in [5.74, 6) is 1.00. The van der Waals surface area contributed by atoms with Gasteiger partial charge in [0.2, 0.25) is 0 Å². The van der Waals surface area contributed by atoms with Crippen molar-refractivity contribution in [2.75, 3.05) is 13.1 Å². The van der Waals surface area contributed by atoms with Crippen LogP contribution in [0.4, 0.5) is 0 Å². The van der Waals surface area contributed by atoms with E-state index < -0.39 is 5.60 Å². The molecule has 3 nitrogen and oxygen atoms in total. The number of nitrogens with one attached hydrogen (secondary N) is 1. The van der Waals surface area contributed by atoms with Gasteiger partial charge >= 0.3 is 0 Å². The van der Waals surface area contributed by atoms with Gasteiger partial charge in [-0.1, -0.05) is 0 Å². The van der Waals surface area contributed by atoms with Gasteiger partial charge in [0.25, 0.3) is 0 Å². The van der Waals surface area contributed by atoms with Gasteiger partial charge in [-0.2, -0.15) is 0 Å². The molecule has 1 aromatic rings. The van der Waals surface area contributed by atoms with Crippen molar-refractivity contribution in [3.05, 3.63) is 24.2 Å². The van der Waals surface area contributed by atoms with E-state index in [1.807, 2.05) is 26.0 Å². The van der Waals surface area contributed by atoms with Crippen LogP contribution in [0.25, 0.3) is 0 Å². The van der Waals surface area contributed by atoms with Gasteiger partial charge in [0.1, 0.15) is 5.76 Å². The smallest absolute Gasteiger partial charge is 0.105 e. The van der Waals surface area contributed by atoms with Crippen molar-refractivity contribution in [3.63, 3.8) is 0 Å². The van der Waals surface area contributed by atoms with Crippen molar-refractivity contribution >= 4 is 0 Å². The van der Waals surface area contributed by atoms with E-state index in [2.05, 4.69) is 5.32 Å². The molecule has 2 N–H and O–H groups in total. The van der Waals surface area contributed by atoms with Crippen LogP contribution in [-0.4, -0.2) is 23.8 Å². The fourth-order valence-electron chi connectivity index (χ4n) is 1.19. The predicted octanol–water partition coefficient (Wildman–Crippen LogP) is 1.57. The third-order valence-corrected chi connectivity index (χ3v) is 2.04. The lowest BCUT2D eigenvalue weighted by Gasteiger charge is -2.16. The summed E-state index contributed by atoms with van der Waals surface area (Å²) in [6, 6.07) is 3.86. The Morgan fingerprint density at radius 1 is 1.43 bits per heavy atom. The van der Waals surface area contributed by atoms with Crippen LogP contribution in [0.5, 0.6) is 0 Å². The van der Waals surface area contributed by atoms with E-state index in [0.29, 0.717) is 0 Å². The summed E-state index contributed by atoms with van der Waals surface area (Å²) in [4.78, 5) is 0. The highest BCUT2D eigenvalue weighted by Crippen LogP contribution is 2.05. The first kappa shape index (κ1) is 11.3. The van der Waals surface area contributed by atoms with Crippen LogP contribution in [0.15, 0.2) is 22.8 Å². The SMILES string of the molecule is CC(C)(O)CCNCCc1ccco1. The minimum absolute atomic E-state index is 0.572. The average molecular weight is 197 g/mol. The monoisotopic (exact) mass is 197 g/mol. The van der Waals surface area contributed by atoms with Crippen molar-refractivity contribution in [3.8, 4) is 0 Å². The molecule has 0 saturated heterocycles. The molecule has 80 valence electrons. The zero-order valence-corrected chi connectivity index (χ0v) is 8.92. The Morgan fingerprint density at radius 2 is 2.21 bits per heavy atom. The molecule has 0 unspecified atom stereocenters. The lowest BCUT2D eigenvalue weighted by atomic mass is 10.1. The summed E-state index contributed by atoms with van der Waals surface area (Å²) >= 11 is 0. The summed E-state index contributed by atoms with van der Waals surface area (Å²) in [7, 11) is 0. The standard InChI is InChI=1S/C11H19NO2/c1-11(2,13)6-8-12-7-5-10-4-3-9-14-10/h3-4,9,12-13H,5-8H2,1-2H3. The van der Waals surface area contributed by atoms with Crippen LogP contribution in [0.3, 0.4) is 0 Å². The quantitative estimate of drug-likeness (QED) is 0.680. The summed E-state index contributed by atoms with van der Waals surface area (Å²) < 4.78 is 5.19. The topological polar surface area (TPSA) is 45.4 Å². The number of aliphatic hydroxyl groups is 1. The minimum Gasteiger partial charge on any atom is -0.469 e. The minimum atomic E-state index is -0.572. The molecule has 0 aliphatic heterocycles. The van der Waals surface area contributed by atoms with Crippen LogP contribution in [0.1, 0.15) is 26.0 Å². The molecule has 3 heteroatoms. The molecule has 1 rings (SSSR count). The first-order valence-electron chi connectivity index (χ1n) is 5.03. The molecule has 0 amide bonds. The molecular weight excluding hydrogens is 178 g/mol. The Hall–Kier alpha value is -0.800. The van der Waals surface area contributed by atoms with E-state index in [9.17, 15) is 5.11 Å². The Bertz CT molecular complexity index is 236. The summed E-state index contributed by atoms with van der Waals surface area (Å²) in [6.45, 7) is 5.37. The number of hydrogen-bond acceptors (Lipinski definition) is 3. The van der Waals surface area contributed by atoms with E-state index in [-0.39, 0.29) is 0 Å². The third-order valence-electron chi connectivity index (χ3n) is 2.04. The lowest BCUT2D eigenvalue weighted by Crippen LogP contribution is -2.27. The van der Waals surface area contributed by atoms with Gasteiger partial charge in [0.15, 0.2) is 0 Å². The zero-order chi connectivity index (χ0) is 10.4. The van der Waals surface area contributed by atoms with E-state index in [4.69, 9.17) is 4.42 Å². The summed E-state index contributed by atoms with van der Waals surface area (Å²) in [5, 5.41) is 12.7. The molecule has 0 aliphatic carbocycles. The van der Waals surface area contributed by atoms with Gasteiger partial charge in [-0.3, -0.25) is 0 Å². The normalized spacial score (nSPS) is 11.9. The van der Waals surface area contributed by atoms with E-state index >= 15 is 0 Å². The van der Waals surface area contributed by atoms with Gasteiger partial charge in [-0.15, -0.1) is 0 Å². The van der Waals surface area contributed by atoms with Gasteiger partial charge in [0, 0.05) is 13.0 Å². The number of rotatable bonds is 6. The van der Waals surface area contributed by atoms with E-state index in [1.54, 1.807) is 6.26 Å². The molecule has 0 aromatic carbocycles. The first-order valence-corrected chi connectivity index (χ1v) is 5.03. The highest BCUT2D eigenvalue weighted by atomic mass is 16.3. The second-order valence-electron chi connectivity index (χ2n) is 4.14. The fourth-order valence-corrected chi connectivity index (χ4v) is 1.19.